The van der Waals surface area contributed by atoms with Crippen molar-refractivity contribution in [2.45, 2.75) is 17.2 Å². The van der Waals surface area contributed by atoms with Crippen molar-refractivity contribution in [3.63, 3.8) is 0 Å². The standard InChI is InChI=1S/C9H9NO4S2/c1-3-6(2)10-16(13,14)8-5-4-7(15-8)9(11)12/h1,4-6,10H,2H3,(H,11,12). The smallest absolute Gasteiger partial charge is 0.345 e. The molecule has 7 heteroatoms. The molecule has 1 unspecified atom stereocenters. The predicted molar refractivity (Wildman–Crippen MR) is 59.9 cm³/mol. The summed E-state index contributed by atoms with van der Waals surface area (Å²) in [4.78, 5) is 10.5. The normalized spacial score (nSPS) is 13.0. The van der Waals surface area contributed by atoms with Crippen LogP contribution in [0.3, 0.4) is 0 Å². The maximum atomic E-state index is 11.6. The minimum atomic E-state index is -3.72. The van der Waals surface area contributed by atoms with Crippen LogP contribution in [0.2, 0.25) is 0 Å². The number of hydrogen-bond acceptors (Lipinski definition) is 4. The van der Waals surface area contributed by atoms with E-state index in [1.165, 1.54) is 19.1 Å². The first-order chi connectivity index (χ1) is 7.36. The Morgan fingerprint density at radius 2 is 2.25 bits per heavy atom. The minimum Gasteiger partial charge on any atom is -0.477 e. The summed E-state index contributed by atoms with van der Waals surface area (Å²) in [6.07, 6.45) is 5.04. The van der Waals surface area contributed by atoms with Crippen LogP contribution in [0.15, 0.2) is 16.3 Å². The Morgan fingerprint density at radius 3 is 2.69 bits per heavy atom. The van der Waals surface area contributed by atoms with E-state index in [2.05, 4.69) is 10.6 Å². The van der Waals surface area contributed by atoms with Gasteiger partial charge < -0.3 is 5.11 Å². The molecular formula is C9H9NO4S2. The van der Waals surface area contributed by atoms with Gasteiger partial charge in [-0.2, -0.15) is 4.72 Å². The molecule has 0 aromatic carbocycles. The van der Waals surface area contributed by atoms with Crippen LogP contribution in [0.5, 0.6) is 0 Å². The molecule has 5 nitrogen and oxygen atoms in total. The van der Waals surface area contributed by atoms with Gasteiger partial charge >= 0.3 is 5.97 Å². The Balaban J connectivity index is 3.00. The fourth-order valence-electron chi connectivity index (χ4n) is 0.904. The number of carboxylic acid groups (broad SMARTS) is 1. The molecule has 86 valence electrons. The molecule has 1 atom stereocenters. The van der Waals surface area contributed by atoms with Crippen molar-refractivity contribution in [1.82, 2.24) is 4.72 Å². The second-order valence-corrected chi connectivity index (χ2v) is 5.96. The highest BCUT2D eigenvalue weighted by Gasteiger charge is 2.20. The average Bonchev–Trinajstić information content (AvgIpc) is 2.66. The van der Waals surface area contributed by atoms with Crippen molar-refractivity contribution in [1.29, 1.82) is 0 Å². The Labute approximate surface area is 97.2 Å². The summed E-state index contributed by atoms with van der Waals surface area (Å²) in [5, 5.41) is 8.65. The predicted octanol–water partition coefficient (Wildman–Crippen LogP) is 0.746. The third-order valence-electron chi connectivity index (χ3n) is 1.64. The van der Waals surface area contributed by atoms with Crippen LogP contribution in [0.1, 0.15) is 16.6 Å². The number of aromatic carboxylic acids is 1. The molecule has 0 aliphatic heterocycles. The van der Waals surface area contributed by atoms with Crippen molar-refractivity contribution >= 4 is 27.3 Å². The summed E-state index contributed by atoms with van der Waals surface area (Å²) in [7, 11) is -3.72. The molecule has 0 fully saturated rings. The zero-order valence-electron chi connectivity index (χ0n) is 8.30. The van der Waals surface area contributed by atoms with Crippen LogP contribution in [-0.2, 0) is 10.0 Å². The molecule has 0 aliphatic carbocycles. The van der Waals surface area contributed by atoms with Gasteiger partial charge in [0.1, 0.15) is 9.09 Å². The molecule has 0 saturated carbocycles. The highest BCUT2D eigenvalue weighted by molar-refractivity contribution is 7.91. The summed E-state index contributed by atoms with van der Waals surface area (Å²) in [5.74, 6) is 1.06. The number of terminal acetylenes is 1. The number of sulfonamides is 1. The zero-order chi connectivity index (χ0) is 12.3. The number of hydrogen-bond donors (Lipinski definition) is 2. The Bertz CT molecular complexity index is 538. The number of carbonyl (C=O) groups is 1. The van der Waals surface area contributed by atoms with Gasteiger partial charge in [-0.15, -0.1) is 17.8 Å². The average molecular weight is 259 g/mol. The molecule has 0 aliphatic rings. The number of carboxylic acids is 1. The molecule has 0 bridgehead atoms. The third-order valence-corrected chi connectivity index (χ3v) is 4.74. The van der Waals surface area contributed by atoms with Crippen LogP contribution in [0.4, 0.5) is 0 Å². The van der Waals surface area contributed by atoms with E-state index in [-0.39, 0.29) is 9.09 Å². The van der Waals surface area contributed by atoms with E-state index in [0.717, 1.165) is 0 Å². The molecule has 0 amide bonds. The Hall–Kier alpha value is -1.36. The number of rotatable bonds is 4. The maximum Gasteiger partial charge on any atom is 0.345 e. The topological polar surface area (TPSA) is 83.5 Å². The van der Waals surface area contributed by atoms with Gasteiger partial charge in [0.25, 0.3) is 10.0 Å². The van der Waals surface area contributed by atoms with Gasteiger partial charge in [-0.1, -0.05) is 5.92 Å². The highest BCUT2D eigenvalue weighted by Crippen LogP contribution is 2.21. The lowest BCUT2D eigenvalue weighted by molar-refractivity contribution is 0.0702. The molecule has 16 heavy (non-hydrogen) atoms. The van der Waals surface area contributed by atoms with E-state index in [1.54, 1.807) is 0 Å². The lowest BCUT2D eigenvalue weighted by Crippen LogP contribution is -2.30. The fourth-order valence-corrected chi connectivity index (χ4v) is 3.23. The van der Waals surface area contributed by atoms with Crippen LogP contribution in [0, 0.1) is 12.3 Å². The molecule has 1 aromatic heterocycles. The Kier molecular flexibility index (Phi) is 3.70. The van der Waals surface area contributed by atoms with Crippen molar-refractivity contribution < 1.29 is 18.3 Å². The Morgan fingerprint density at radius 1 is 1.62 bits per heavy atom. The van der Waals surface area contributed by atoms with Crippen LogP contribution >= 0.6 is 11.3 Å². The molecule has 1 rings (SSSR count). The first-order valence-corrected chi connectivity index (χ1v) is 6.48. The van der Waals surface area contributed by atoms with Crippen LogP contribution in [-0.4, -0.2) is 25.5 Å². The third kappa shape index (κ3) is 2.82. The van der Waals surface area contributed by atoms with Crippen molar-refractivity contribution in [2.75, 3.05) is 0 Å². The fraction of sp³-hybridized carbons (Fsp3) is 0.222. The van der Waals surface area contributed by atoms with E-state index in [4.69, 9.17) is 11.5 Å². The molecule has 0 spiro atoms. The summed E-state index contributed by atoms with van der Waals surface area (Å²) < 4.78 is 25.5. The van der Waals surface area contributed by atoms with E-state index in [9.17, 15) is 13.2 Å². The highest BCUT2D eigenvalue weighted by atomic mass is 32.2. The van der Waals surface area contributed by atoms with Crippen molar-refractivity contribution in [3.05, 3.63) is 17.0 Å². The summed E-state index contributed by atoms with van der Waals surface area (Å²) in [6, 6.07) is 1.84. The number of thiophene rings is 1. The van der Waals surface area contributed by atoms with Crippen molar-refractivity contribution in [3.8, 4) is 12.3 Å². The zero-order valence-corrected chi connectivity index (χ0v) is 9.93. The summed E-state index contributed by atoms with van der Waals surface area (Å²) >= 11 is 0.682. The van der Waals surface area contributed by atoms with Gasteiger partial charge in [0.05, 0.1) is 6.04 Å². The summed E-state index contributed by atoms with van der Waals surface area (Å²) in [6.45, 7) is 1.52. The lowest BCUT2D eigenvalue weighted by Gasteiger charge is -2.06. The molecule has 0 radical (unpaired) electrons. The van der Waals surface area contributed by atoms with Gasteiger partial charge in [0.15, 0.2) is 0 Å². The SMILES string of the molecule is C#CC(C)NS(=O)(=O)c1ccc(C(=O)O)s1. The number of nitrogens with one attached hydrogen (secondary N) is 1. The first kappa shape index (κ1) is 12.7. The van der Waals surface area contributed by atoms with Gasteiger partial charge in [0.2, 0.25) is 0 Å². The first-order valence-electron chi connectivity index (χ1n) is 4.18. The quantitative estimate of drug-likeness (QED) is 0.781. The molecule has 2 N–H and O–H groups in total. The van der Waals surface area contributed by atoms with E-state index in [0.29, 0.717) is 11.3 Å². The van der Waals surface area contributed by atoms with Crippen LogP contribution < -0.4 is 4.72 Å². The van der Waals surface area contributed by atoms with E-state index >= 15 is 0 Å². The van der Waals surface area contributed by atoms with Gasteiger partial charge in [-0.25, -0.2) is 13.2 Å². The largest absolute Gasteiger partial charge is 0.477 e. The van der Waals surface area contributed by atoms with Gasteiger partial charge in [-0.05, 0) is 19.1 Å². The monoisotopic (exact) mass is 259 g/mol. The van der Waals surface area contributed by atoms with E-state index < -0.39 is 22.0 Å². The van der Waals surface area contributed by atoms with Gasteiger partial charge in [0, 0.05) is 0 Å². The molecule has 1 aromatic rings. The van der Waals surface area contributed by atoms with E-state index in [1.807, 2.05) is 0 Å². The second kappa shape index (κ2) is 4.65. The minimum absolute atomic E-state index is 0.0336. The molecule has 0 saturated heterocycles. The van der Waals surface area contributed by atoms with Crippen LogP contribution in [0.25, 0.3) is 0 Å². The summed E-state index contributed by atoms with van der Waals surface area (Å²) in [5.41, 5.74) is 0. The maximum absolute atomic E-state index is 11.6. The van der Waals surface area contributed by atoms with Gasteiger partial charge in [-0.3, -0.25) is 0 Å². The molecular weight excluding hydrogens is 250 g/mol. The van der Waals surface area contributed by atoms with Crippen molar-refractivity contribution in [2.24, 2.45) is 0 Å². The molecule has 1 heterocycles. The second-order valence-electron chi connectivity index (χ2n) is 2.93. The lowest BCUT2D eigenvalue weighted by atomic mass is 10.4.